The topological polar surface area (TPSA) is 63.2 Å². The monoisotopic (exact) mass is 333 g/mol. The van der Waals surface area contributed by atoms with Crippen LogP contribution < -0.4 is 5.32 Å². The Labute approximate surface area is 137 Å². The lowest BCUT2D eigenvalue weighted by Crippen LogP contribution is -2.45. The predicted octanol–water partition coefficient (Wildman–Crippen LogP) is 3.00. The lowest BCUT2D eigenvalue weighted by Gasteiger charge is -2.37. The van der Waals surface area contributed by atoms with Gasteiger partial charge in [-0.05, 0) is 48.3 Å². The first-order valence-electron chi connectivity index (χ1n) is 8.17. The minimum atomic E-state index is -3.69. The summed E-state index contributed by atoms with van der Waals surface area (Å²) < 4.78 is 25.1. The molecular weight excluding hydrogens is 310 g/mol. The van der Waals surface area contributed by atoms with Crippen molar-refractivity contribution in [2.45, 2.75) is 44.6 Å². The Hall–Kier alpha value is -1.62. The summed E-state index contributed by atoms with van der Waals surface area (Å²) in [5, 5.41) is 2.97. The number of rotatable bonds is 2. The molecule has 1 aromatic carbocycles. The Morgan fingerprint density at radius 1 is 1.04 bits per heavy atom. The lowest BCUT2D eigenvalue weighted by molar-refractivity contribution is -0.118. The Bertz CT molecular complexity index is 766. The van der Waals surface area contributed by atoms with Gasteiger partial charge in [-0.3, -0.25) is 4.79 Å². The first kappa shape index (κ1) is 16.2. The van der Waals surface area contributed by atoms with Crippen molar-refractivity contribution in [2.75, 3.05) is 0 Å². The molecule has 1 aromatic rings. The quantitative estimate of drug-likeness (QED) is 0.905. The maximum absolute atomic E-state index is 12.6. The average Bonchev–Trinajstić information content (AvgIpc) is 2.77. The van der Waals surface area contributed by atoms with Crippen LogP contribution in [0.1, 0.15) is 39.2 Å². The second-order valence-electron chi connectivity index (χ2n) is 7.03. The van der Waals surface area contributed by atoms with Gasteiger partial charge in [0.25, 0.3) is 5.91 Å². The summed E-state index contributed by atoms with van der Waals surface area (Å²) in [4.78, 5) is 12.7. The summed E-state index contributed by atoms with van der Waals surface area (Å²) in [5.41, 5.74) is 0.594. The maximum atomic E-state index is 12.6. The van der Waals surface area contributed by atoms with Crippen LogP contribution in [0.2, 0.25) is 0 Å². The van der Waals surface area contributed by atoms with Crippen LogP contribution in [0.25, 0.3) is 6.08 Å². The molecule has 23 heavy (non-hydrogen) atoms. The molecule has 1 fully saturated rings. The number of fused-ring (bicyclic) bond motifs is 1. The van der Waals surface area contributed by atoms with Gasteiger partial charge in [-0.1, -0.05) is 39.0 Å². The number of amides is 1. The largest absolute Gasteiger partial charge is 0.348 e. The first-order chi connectivity index (χ1) is 10.8. The average molecular weight is 333 g/mol. The highest BCUT2D eigenvalue weighted by molar-refractivity contribution is 7.96. The molecule has 4 atom stereocenters. The molecule has 4 unspecified atom stereocenters. The highest BCUT2D eigenvalue weighted by Gasteiger charge is 2.37. The van der Waals surface area contributed by atoms with Crippen LogP contribution >= 0.6 is 0 Å². The third-order valence-corrected chi connectivity index (χ3v) is 7.19. The summed E-state index contributed by atoms with van der Waals surface area (Å²) in [7, 11) is -3.69. The van der Waals surface area contributed by atoms with Gasteiger partial charge in [-0.15, -0.1) is 0 Å². The molecule has 2 aliphatic rings. The van der Waals surface area contributed by atoms with E-state index in [9.17, 15) is 13.2 Å². The zero-order valence-electron chi connectivity index (χ0n) is 13.7. The standard InChI is InChI=1S/C18H23NO3S/c1-11-8-13(3)15(9-12(11)2)19-18(20)17-10-14-6-4-5-7-16(14)23(17,21)22/h4-7,10-13,15H,8-9H2,1-3H3,(H,19,20). The van der Waals surface area contributed by atoms with Gasteiger partial charge in [0.1, 0.15) is 4.91 Å². The van der Waals surface area contributed by atoms with E-state index in [1.807, 2.05) is 0 Å². The van der Waals surface area contributed by atoms with Crippen molar-refractivity contribution in [3.63, 3.8) is 0 Å². The smallest absolute Gasteiger partial charge is 0.263 e. The zero-order valence-corrected chi connectivity index (χ0v) is 14.6. The molecule has 4 nitrogen and oxygen atoms in total. The van der Waals surface area contributed by atoms with Gasteiger partial charge in [0.2, 0.25) is 9.84 Å². The van der Waals surface area contributed by atoms with E-state index >= 15 is 0 Å². The van der Waals surface area contributed by atoms with E-state index in [4.69, 9.17) is 0 Å². The molecule has 1 amide bonds. The summed E-state index contributed by atoms with van der Waals surface area (Å²) in [6.07, 6.45) is 3.44. The fraction of sp³-hybridized carbons (Fsp3) is 0.500. The van der Waals surface area contributed by atoms with Crippen molar-refractivity contribution in [3.05, 3.63) is 34.7 Å². The molecule has 0 radical (unpaired) electrons. The molecule has 5 heteroatoms. The Morgan fingerprint density at radius 3 is 2.39 bits per heavy atom. The van der Waals surface area contributed by atoms with Crippen LogP contribution in [0.15, 0.2) is 34.1 Å². The molecule has 3 rings (SSSR count). The van der Waals surface area contributed by atoms with E-state index in [-0.39, 0.29) is 15.8 Å². The van der Waals surface area contributed by atoms with Crippen LogP contribution in [0, 0.1) is 17.8 Å². The van der Waals surface area contributed by atoms with Gasteiger partial charge < -0.3 is 5.32 Å². The first-order valence-corrected chi connectivity index (χ1v) is 9.65. The fourth-order valence-electron chi connectivity index (χ4n) is 3.66. The number of hydrogen-bond donors (Lipinski definition) is 1. The Kier molecular flexibility index (Phi) is 4.08. The normalized spacial score (nSPS) is 32.0. The number of benzene rings is 1. The molecule has 0 spiro atoms. The van der Waals surface area contributed by atoms with Crippen molar-refractivity contribution in [1.29, 1.82) is 0 Å². The van der Waals surface area contributed by atoms with E-state index in [1.165, 1.54) is 6.08 Å². The molecular formula is C18H23NO3S. The van der Waals surface area contributed by atoms with Gasteiger partial charge >= 0.3 is 0 Å². The van der Waals surface area contributed by atoms with Crippen molar-refractivity contribution in [1.82, 2.24) is 5.32 Å². The maximum Gasteiger partial charge on any atom is 0.263 e. The van der Waals surface area contributed by atoms with E-state index < -0.39 is 15.7 Å². The highest BCUT2D eigenvalue weighted by Crippen LogP contribution is 2.35. The molecule has 0 aromatic heterocycles. The number of nitrogens with one attached hydrogen (secondary N) is 1. The summed E-state index contributed by atoms with van der Waals surface area (Å²) >= 11 is 0. The number of hydrogen-bond acceptors (Lipinski definition) is 3. The second kappa shape index (κ2) is 5.78. The van der Waals surface area contributed by atoms with Crippen LogP contribution in [-0.2, 0) is 14.6 Å². The van der Waals surface area contributed by atoms with E-state index in [0.717, 1.165) is 12.8 Å². The molecule has 1 aliphatic heterocycles. The van der Waals surface area contributed by atoms with Crippen LogP contribution in [0.5, 0.6) is 0 Å². The molecule has 1 N–H and O–H groups in total. The van der Waals surface area contributed by atoms with Crippen molar-refractivity contribution >= 4 is 21.8 Å². The number of carbonyl (C=O) groups excluding carboxylic acids is 1. The number of sulfone groups is 1. The van der Waals surface area contributed by atoms with E-state index in [1.54, 1.807) is 24.3 Å². The van der Waals surface area contributed by atoms with E-state index in [2.05, 4.69) is 26.1 Å². The van der Waals surface area contributed by atoms with Crippen molar-refractivity contribution in [2.24, 2.45) is 17.8 Å². The summed E-state index contributed by atoms with van der Waals surface area (Å²) in [6, 6.07) is 6.76. The number of carbonyl (C=O) groups is 1. The molecule has 124 valence electrons. The van der Waals surface area contributed by atoms with E-state index in [0.29, 0.717) is 23.3 Å². The minimum Gasteiger partial charge on any atom is -0.348 e. The molecule has 1 aliphatic carbocycles. The van der Waals surface area contributed by atoms with Crippen molar-refractivity contribution in [3.8, 4) is 0 Å². The predicted molar refractivity (Wildman–Crippen MR) is 90.3 cm³/mol. The Balaban J connectivity index is 1.80. The van der Waals surface area contributed by atoms with Gasteiger partial charge in [-0.25, -0.2) is 8.42 Å². The summed E-state index contributed by atoms with van der Waals surface area (Å²) in [6.45, 7) is 6.55. The minimum absolute atomic E-state index is 0.0357. The van der Waals surface area contributed by atoms with Gasteiger partial charge in [0.15, 0.2) is 0 Å². The van der Waals surface area contributed by atoms with Gasteiger partial charge in [0, 0.05) is 6.04 Å². The van der Waals surface area contributed by atoms with Gasteiger partial charge in [-0.2, -0.15) is 0 Å². The zero-order chi connectivity index (χ0) is 16.8. The summed E-state index contributed by atoms with van der Waals surface area (Å²) in [5.74, 6) is 1.05. The highest BCUT2D eigenvalue weighted by atomic mass is 32.2. The van der Waals surface area contributed by atoms with Crippen LogP contribution in [0.3, 0.4) is 0 Å². The fourth-order valence-corrected chi connectivity index (χ4v) is 5.18. The van der Waals surface area contributed by atoms with Gasteiger partial charge in [0.05, 0.1) is 4.90 Å². The molecule has 0 saturated heterocycles. The SMILES string of the molecule is CC1CC(C)C(NC(=O)C2=Cc3ccccc3S2(=O)=O)CC1C. The molecule has 1 heterocycles. The Morgan fingerprint density at radius 2 is 1.70 bits per heavy atom. The van der Waals surface area contributed by atoms with Crippen LogP contribution in [0.4, 0.5) is 0 Å². The van der Waals surface area contributed by atoms with Crippen molar-refractivity contribution < 1.29 is 13.2 Å². The molecule has 1 saturated carbocycles. The third kappa shape index (κ3) is 2.82. The lowest BCUT2D eigenvalue weighted by atomic mass is 9.73. The molecule has 0 bridgehead atoms. The van der Waals surface area contributed by atoms with Crippen LogP contribution in [-0.4, -0.2) is 20.4 Å². The third-order valence-electron chi connectivity index (χ3n) is 5.35. The second-order valence-corrected chi connectivity index (χ2v) is 8.92.